The molecule has 0 saturated carbocycles. The Balaban J connectivity index is 2.85. The highest BCUT2D eigenvalue weighted by molar-refractivity contribution is 6.32. The lowest BCUT2D eigenvalue weighted by atomic mass is 10.1. The average molecular weight is 288 g/mol. The van der Waals surface area contributed by atoms with Crippen LogP contribution in [-0.2, 0) is 16.1 Å². The van der Waals surface area contributed by atoms with Crippen molar-refractivity contribution in [2.24, 2.45) is 5.92 Å². The monoisotopic (exact) mass is 287 g/mol. The van der Waals surface area contributed by atoms with Crippen LogP contribution in [0.15, 0.2) is 11.0 Å². The van der Waals surface area contributed by atoms with Crippen molar-refractivity contribution in [2.75, 3.05) is 19.0 Å². The molecule has 1 N–H and O–H groups in total. The molecule has 19 heavy (non-hydrogen) atoms. The number of carbonyl (C=O) groups is 1. The van der Waals surface area contributed by atoms with Crippen molar-refractivity contribution in [1.29, 1.82) is 0 Å². The lowest BCUT2D eigenvalue weighted by molar-refractivity contribution is -0.141. The highest BCUT2D eigenvalue weighted by Gasteiger charge is 2.12. The number of esters is 1. The minimum Gasteiger partial charge on any atom is -0.468 e. The van der Waals surface area contributed by atoms with E-state index in [0.29, 0.717) is 18.2 Å². The molecular weight excluding hydrogens is 270 g/mol. The number of rotatable bonds is 6. The summed E-state index contributed by atoms with van der Waals surface area (Å²) in [6, 6.07) is 0. The fraction of sp³-hybridized carbons (Fsp3) is 0.583. The number of aromatic nitrogens is 2. The smallest absolute Gasteiger partial charge is 0.327 e. The molecule has 7 heteroatoms. The minimum absolute atomic E-state index is 0.0298. The third-order valence-corrected chi connectivity index (χ3v) is 3.19. The van der Waals surface area contributed by atoms with Gasteiger partial charge in [0.1, 0.15) is 11.6 Å². The number of nitrogens with one attached hydrogen (secondary N) is 1. The SMILES string of the molecule is CCC(C)CNc1cnn(CC(=O)OC)c(=O)c1Cl. The highest BCUT2D eigenvalue weighted by atomic mass is 35.5. The van der Waals surface area contributed by atoms with E-state index in [-0.39, 0.29) is 11.6 Å². The number of carbonyl (C=O) groups excluding carboxylic acids is 1. The van der Waals surface area contributed by atoms with Gasteiger partial charge < -0.3 is 10.1 Å². The molecule has 0 saturated heterocycles. The number of hydrogen-bond donors (Lipinski definition) is 1. The molecule has 1 unspecified atom stereocenters. The summed E-state index contributed by atoms with van der Waals surface area (Å²) in [5.41, 5.74) is -0.0331. The molecule has 0 aliphatic rings. The van der Waals surface area contributed by atoms with Gasteiger partial charge in [0, 0.05) is 6.54 Å². The van der Waals surface area contributed by atoms with E-state index >= 15 is 0 Å². The Bertz CT molecular complexity index is 501. The number of methoxy groups -OCH3 is 1. The van der Waals surface area contributed by atoms with Crippen molar-refractivity contribution in [3.05, 3.63) is 21.6 Å². The maximum Gasteiger partial charge on any atom is 0.327 e. The van der Waals surface area contributed by atoms with Gasteiger partial charge in [0.15, 0.2) is 0 Å². The van der Waals surface area contributed by atoms with E-state index in [1.54, 1.807) is 0 Å². The Hall–Kier alpha value is -1.56. The third kappa shape index (κ3) is 4.24. The van der Waals surface area contributed by atoms with Crippen molar-refractivity contribution in [2.45, 2.75) is 26.8 Å². The van der Waals surface area contributed by atoms with E-state index in [9.17, 15) is 9.59 Å². The lowest BCUT2D eigenvalue weighted by Crippen LogP contribution is -2.28. The molecule has 6 nitrogen and oxygen atoms in total. The molecule has 1 rings (SSSR count). The van der Waals surface area contributed by atoms with E-state index < -0.39 is 11.5 Å². The lowest BCUT2D eigenvalue weighted by Gasteiger charge is -2.12. The number of anilines is 1. The standard InChI is InChI=1S/C12H18ClN3O3/c1-4-8(2)5-14-9-6-15-16(7-10(17)19-3)12(18)11(9)13/h6,8,14H,4-5,7H2,1-3H3. The maximum absolute atomic E-state index is 11.9. The van der Waals surface area contributed by atoms with Crippen molar-refractivity contribution in [3.63, 3.8) is 0 Å². The van der Waals surface area contributed by atoms with Gasteiger partial charge in [0.2, 0.25) is 0 Å². The average Bonchev–Trinajstić information content (AvgIpc) is 2.42. The van der Waals surface area contributed by atoms with Crippen molar-refractivity contribution >= 4 is 23.3 Å². The van der Waals surface area contributed by atoms with Crippen LogP contribution in [0.1, 0.15) is 20.3 Å². The second kappa shape index (κ2) is 7.13. The van der Waals surface area contributed by atoms with Crippen LogP contribution >= 0.6 is 11.6 Å². The fourth-order valence-corrected chi connectivity index (χ4v) is 1.53. The molecule has 106 valence electrons. The Morgan fingerprint density at radius 1 is 1.63 bits per heavy atom. The summed E-state index contributed by atoms with van der Waals surface area (Å²) in [7, 11) is 1.25. The van der Waals surface area contributed by atoms with Crippen LogP contribution in [0.4, 0.5) is 5.69 Å². The van der Waals surface area contributed by atoms with Crippen molar-refractivity contribution < 1.29 is 9.53 Å². The summed E-state index contributed by atoms with van der Waals surface area (Å²) >= 11 is 5.96. The molecule has 0 fully saturated rings. The predicted molar refractivity (Wildman–Crippen MR) is 73.5 cm³/mol. The summed E-state index contributed by atoms with van der Waals surface area (Å²) in [5, 5.41) is 6.99. The summed E-state index contributed by atoms with van der Waals surface area (Å²) in [4.78, 5) is 23.0. The molecule has 0 aliphatic carbocycles. The van der Waals surface area contributed by atoms with Gasteiger partial charge in [-0.05, 0) is 5.92 Å². The number of nitrogens with zero attached hydrogens (tertiary/aromatic N) is 2. The fourth-order valence-electron chi connectivity index (χ4n) is 1.32. The summed E-state index contributed by atoms with van der Waals surface area (Å²) in [6.45, 7) is 4.63. The zero-order chi connectivity index (χ0) is 14.4. The molecule has 0 radical (unpaired) electrons. The van der Waals surface area contributed by atoms with Crippen LogP contribution < -0.4 is 10.9 Å². The van der Waals surface area contributed by atoms with E-state index in [1.807, 2.05) is 0 Å². The summed E-state index contributed by atoms with van der Waals surface area (Å²) < 4.78 is 5.45. The molecule has 0 aliphatic heterocycles. The Morgan fingerprint density at radius 2 is 2.32 bits per heavy atom. The first-order chi connectivity index (χ1) is 8.99. The van der Waals surface area contributed by atoms with E-state index in [4.69, 9.17) is 11.6 Å². The van der Waals surface area contributed by atoms with Crippen LogP contribution in [0, 0.1) is 5.92 Å². The van der Waals surface area contributed by atoms with Gasteiger partial charge in [-0.25, -0.2) is 4.68 Å². The molecule has 1 atom stereocenters. The van der Waals surface area contributed by atoms with Gasteiger partial charge in [-0.2, -0.15) is 5.10 Å². The molecule has 1 aromatic heterocycles. The Kier molecular flexibility index (Phi) is 5.82. The van der Waals surface area contributed by atoms with Gasteiger partial charge in [-0.3, -0.25) is 9.59 Å². The first-order valence-electron chi connectivity index (χ1n) is 6.05. The van der Waals surface area contributed by atoms with Gasteiger partial charge in [0.05, 0.1) is 19.0 Å². The molecule has 0 aromatic carbocycles. The van der Waals surface area contributed by atoms with Gasteiger partial charge in [-0.15, -0.1) is 0 Å². The number of halogens is 1. The van der Waals surface area contributed by atoms with Crippen LogP contribution in [0.25, 0.3) is 0 Å². The zero-order valence-electron chi connectivity index (χ0n) is 11.3. The summed E-state index contributed by atoms with van der Waals surface area (Å²) in [5.74, 6) is -0.0838. The molecule has 1 aromatic rings. The van der Waals surface area contributed by atoms with Crippen LogP contribution in [0.5, 0.6) is 0 Å². The van der Waals surface area contributed by atoms with Crippen molar-refractivity contribution in [3.8, 4) is 0 Å². The molecular formula is C12H18ClN3O3. The topological polar surface area (TPSA) is 73.2 Å². The maximum atomic E-state index is 11.9. The molecule has 0 bridgehead atoms. The van der Waals surface area contributed by atoms with E-state index in [1.165, 1.54) is 13.3 Å². The minimum atomic E-state index is -0.550. The van der Waals surface area contributed by atoms with Crippen LogP contribution in [0.3, 0.4) is 0 Å². The zero-order valence-corrected chi connectivity index (χ0v) is 12.0. The molecule has 0 amide bonds. The second-order valence-electron chi connectivity index (χ2n) is 4.31. The van der Waals surface area contributed by atoms with Gasteiger partial charge in [-0.1, -0.05) is 31.9 Å². The first kappa shape index (κ1) is 15.5. The number of ether oxygens (including phenoxy) is 1. The summed E-state index contributed by atoms with van der Waals surface area (Å²) in [6.07, 6.45) is 2.46. The van der Waals surface area contributed by atoms with Crippen LogP contribution in [-0.4, -0.2) is 29.4 Å². The van der Waals surface area contributed by atoms with E-state index in [0.717, 1.165) is 11.1 Å². The Labute approximate surface area is 116 Å². The second-order valence-corrected chi connectivity index (χ2v) is 4.68. The largest absolute Gasteiger partial charge is 0.468 e. The molecule has 0 spiro atoms. The quantitative estimate of drug-likeness (QED) is 0.803. The Morgan fingerprint density at radius 3 is 2.89 bits per heavy atom. The normalized spacial score (nSPS) is 12.0. The van der Waals surface area contributed by atoms with E-state index in [2.05, 4.69) is 29.0 Å². The third-order valence-electron chi connectivity index (χ3n) is 2.83. The first-order valence-corrected chi connectivity index (χ1v) is 6.43. The van der Waals surface area contributed by atoms with Crippen LogP contribution in [0.2, 0.25) is 5.02 Å². The van der Waals surface area contributed by atoms with Gasteiger partial charge >= 0.3 is 5.97 Å². The predicted octanol–water partition coefficient (Wildman–Crippen LogP) is 1.53. The number of hydrogen-bond acceptors (Lipinski definition) is 5. The highest BCUT2D eigenvalue weighted by Crippen LogP contribution is 2.16. The van der Waals surface area contributed by atoms with Gasteiger partial charge in [0.25, 0.3) is 5.56 Å². The van der Waals surface area contributed by atoms with Crippen molar-refractivity contribution in [1.82, 2.24) is 9.78 Å². The molecule has 1 heterocycles.